The van der Waals surface area contributed by atoms with Crippen molar-refractivity contribution in [3.8, 4) is 11.5 Å². The minimum absolute atomic E-state index is 0.310. The van der Waals surface area contributed by atoms with Gasteiger partial charge in [0, 0.05) is 0 Å². The average Bonchev–Trinajstić information content (AvgIpc) is 2.73. The van der Waals surface area contributed by atoms with Crippen molar-refractivity contribution in [1.29, 1.82) is 0 Å². The zero-order valence-electron chi connectivity index (χ0n) is 10.7. The molecular weight excluding hydrogens is 258 g/mol. The highest BCUT2D eigenvalue weighted by atomic mass is 16.7. The van der Waals surface area contributed by atoms with Gasteiger partial charge < -0.3 is 9.57 Å². The van der Waals surface area contributed by atoms with Crippen LogP contribution in [0.25, 0.3) is 0 Å². The number of para-hydroxylation sites is 2. The summed E-state index contributed by atoms with van der Waals surface area (Å²) >= 11 is 0. The lowest BCUT2D eigenvalue weighted by Crippen LogP contribution is -2.33. The molecule has 1 aliphatic rings. The fourth-order valence-electron chi connectivity index (χ4n) is 2.04. The largest absolute Gasteiger partial charge is 0.493 e. The molecule has 0 spiro atoms. The Morgan fingerprint density at radius 1 is 0.800 bits per heavy atom. The summed E-state index contributed by atoms with van der Waals surface area (Å²) < 4.78 is 5.13. The van der Waals surface area contributed by atoms with Crippen LogP contribution in [-0.2, 0) is 0 Å². The van der Waals surface area contributed by atoms with E-state index in [0.29, 0.717) is 22.6 Å². The predicted octanol–water partition coefficient (Wildman–Crippen LogP) is 2.29. The topological polar surface area (TPSA) is 55.8 Å². The van der Waals surface area contributed by atoms with Crippen molar-refractivity contribution in [1.82, 2.24) is 5.06 Å². The first kappa shape index (κ1) is 12.2. The molecule has 5 nitrogen and oxygen atoms in total. The van der Waals surface area contributed by atoms with E-state index in [4.69, 9.17) is 9.57 Å². The maximum Gasteiger partial charge on any atom is 0.295 e. The number of nitrogens with zero attached hydrogens (tertiary/aromatic N) is 1. The van der Waals surface area contributed by atoms with Gasteiger partial charge in [-0.1, -0.05) is 29.3 Å². The van der Waals surface area contributed by atoms with Crippen LogP contribution in [0.1, 0.15) is 20.7 Å². The number of rotatable bonds is 3. The molecule has 1 heterocycles. The highest BCUT2D eigenvalue weighted by Crippen LogP contribution is 2.30. The van der Waals surface area contributed by atoms with Gasteiger partial charge in [-0.25, -0.2) is 0 Å². The van der Waals surface area contributed by atoms with Crippen LogP contribution in [0.2, 0.25) is 0 Å². The lowest BCUT2D eigenvalue weighted by Gasteiger charge is -2.16. The van der Waals surface area contributed by atoms with Crippen LogP contribution < -0.4 is 9.57 Å². The number of imide groups is 1. The summed E-state index contributed by atoms with van der Waals surface area (Å²) in [5, 5.41) is 0.752. The lowest BCUT2D eigenvalue weighted by molar-refractivity contribution is -0.0152. The van der Waals surface area contributed by atoms with E-state index in [2.05, 4.69) is 0 Å². The highest BCUT2D eigenvalue weighted by Gasteiger charge is 2.37. The molecule has 0 N–H and O–H groups in total. The molecule has 5 heteroatoms. The smallest absolute Gasteiger partial charge is 0.295 e. The van der Waals surface area contributed by atoms with E-state index in [1.54, 1.807) is 48.5 Å². The Morgan fingerprint density at radius 2 is 1.30 bits per heavy atom. The molecular formula is C15H11NO4. The third kappa shape index (κ3) is 1.80. The first-order chi connectivity index (χ1) is 9.72. The summed E-state index contributed by atoms with van der Waals surface area (Å²) in [6, 6.07) is 13.4. The van der Waals surface area contributed by atoms with Gasteiger partial charge in [0.15, 0.2) is 11.5 Å². The van der Waals surface area contributed by atoms with Gasteiger partial charge in [-0.05, 0) is 24.3 Å². The van der Waals surface area contributed by atoms with Crippen LogP contribution in [0.5, 0.6) is 11.5 Å². The summed E-state index contributed by atoms with van der Waals surface area (Å²) in [5.74, 6) is -0.193. The van der Waals surface area contributed by atoms with Gasteiger partial charge >= 0.3 is 0 Å². The number of hydroxylamine groups is 2. The Balaban J connectivity index is 1.94. The molecule has 0 bridgehead atoms. The summed E-state index contributed by atoms with van der Waals surface area (Å²) in [6.07, 6.45) is 0. The van der Waals surface area contributed by atoms with Crippen molar-refractivity contribution in [3.63, 3.8) is 0 Å². The summed E-state index contributed by atoms with van der Waals surface area (Å²) in [7, 11) is 1.49. The van der Waals surface area contributed by atoms with Crippen molar-refractivity contribution in [2.24, 2.45) is 0 Å². The van der Waals surface area contributed by atoms with Gasteiger partial charge in [-0.3, -0.25) is 9.59 Å². The molecule has 0 aliphatic carbocycles. The molecule has 1 aliphatic heterocycles. The quantitative estimate of drug-likeness (QED) is 0.802. The minimum atomic E-state index is -0.475. The van der Waals surface area contributed by atoms with Crippen molar-refractivity contribution < 1.29 is 19.2 Å². The van der Waals surface area contributed by atoms with Crippen molar-refractivity contribution in [2.75, 3.05) is 7.11 Å². The van der Waals surface area contributed by atoms with Crippen LogP contribution in [0, 0.1) is 0 Å². The Morgan fingerprint density at radius 3 is 1.85 bits per heavy atom. The second-order valence-electron chi connectivity index (χ2n) is 4.19. The van der Waals surface area contributed by atoms with E-state index in [0.717, 1.165) is 5.06 Å². The van der Waals surface area contributed by atoms with Crippen LogP contribution in [0.3, 0.4) is 0 Å². The first-order valence-corrected chi connectivity index (χ1v) is 6.01. The van der Waals surface area contributed by atoms with E-state index in [1.807, 2.05) is 0 Å². The molecule has 3 rings (SSSR count). The van der Waals surface area contributed by atoms with E-state index in [-0.39, 0.29) is 0 Å². The number of fused-ring (bicyclic) bond motifs is 1. The Labute approximate surface area is 115 Å². The van der Waals surface area contributed by atoms with Gasteiger partial charge in [0.05, 0.1) is 18.2 Å². The normalized spacial score (nSPS) is 13.3. The zero-order chi connectivity index (χ0) is 14.1. The molecule has 0 aromatic heterocycles. The molecule has 2 aromatic rings. The average molecular weight is 269 g/mol. The summed E-state index contributed by atoms with van der Waals surface area (Å²) in [5.41, 5.74) is 0.680. The van der Waals surface area contributed by atoms with E-state index in [1.165, 1.54) is 7.11 Å². The third-order valence-electron chi connectivity index (χ3n) is 3.02. The number of hydrogen-bond acceptors (Lipinski definition) is 4. The van der Waals surface area contributed by atoms with Gasteiger partial charge in [-0.15, -0.1) is 0 Å². The third-order valence-corrected chi connectivity index (χ3v) is 3.02. The highest BCUT2D eigenvalue weighted by molar-refractivity contribution is 6.20. The molecule has 0 saturated carbocycles. The van der Waals surface area contributed by atoms with Crippen molar-refractivity contribution in [3.05, 3.63) is 59.7 Å². The molecule has 0 fully saturated rings. The number of hydrogen-bond donors (Lipinski definition) is 0. The maximum absolute atomic E-state index is 12.2. The number of benzene rings is 2. The van der Waals surface area contributed by atoms with Crippen LogP contribution in [0.15, 0.2) is 48.5 Å². The fourth-order valence-corrected chi connectivity index (χ4v) is 2.04. The van der Waals surface area contributed by atoms with E-state index < -0.39 is 11.8 Å². The second-order valence-corrected chi connectivity index (χ2v) is 4.19. The van der Waals surface area contributed by atoms with Crippen molar-refractivity contribution in [2.45, 2.75) is 0 Å². The number of amides is 2. The van der Waals surface area contributed by atoms with Gasteiger partial charge in [0.2, 0.25) is 0 Å². The predicted molar refractivity (Wildman–Crippen MR) is 70.6 cm³/mol. The number of carbonyl (C=O) groups is 2. The molecule has 2 amide bonds. The van der Waals surface area contributed by atoms with Gasteiger partial charge in [0.1, 0.15) is 0 Å². The Hall–Kier alpha value is -2.82. The minimum Gasteiger partial charge on any atom is -0.493 e. The van der Waals surface area contributed by atoms with Crippen LogP contribution in [-0.4, -0.2) is 24.0 Å². The molecule has 100 valence electrons. The molecule has 20 heavy (non-hydrogen) atoms. The van der Waals surface area contributed by atoms with Gasteiger partial charge in [-0.2, -0.15) is 0 Å². The monoisotopic (exact) mass is 269 g/mol. The summed E-state index contributed by atoms with van der Waals surface area (Å²) in [6.45, 7) is 0. The molecule has 0 saturated heterocycles. The standard InChI is InChI=1S/C15H11NO4/c1-19-12-8-4-5-9-13(12)20-16-14(17)10-6-2-3-7-11(10)15(16)18/h2-9H,1H3. The van der Waals surface area contributed by atoms with Crippen molar-refractivity contribution >= 4 is 11.8 Å². The van der Waals surface area contributed by atoms with Gasteiger partial charge in [0.25, 0.3) is 11.8 Å². The molecule has 0 radical (unpaired) electrons. The maximum atomic E-state index is 12.2. The van der Waals surface area contributed by atoms with E-state index >= 15 is 0 Å². The molecule has 2 aromatic carbocycles. The van der Waals surface area contributed by atoms with E-state index in [9.17, 15) is 9.59 Å². The number of ether oxygens (including phenoxy) is 1. The van der Waals surface area contributed by atoms with Crippen LogP contribution in [0.4, 0.5) is 0 Å². The Kier molecular flexibility index (Phi) is 2.87. The number of carbonyl (C=O) groups excluding carboxylic acids is 2. The fraction of sp³-hybridized carbons (Fsp3) is 0.0667. The molecule has 0 atom stereocenters. The Bertz CT molecular complexity index is 661. The first-order valence-electron chi connectivity index (χ1n) is 6.01. The summed E-state index contributed by atoms with van der Waals surface area (Å²) in [4.78, 5) is 29.7. The zero-order valence-corrected chi connectivity index (χ0v) is 10.7. The lowest BCUT2D eigenvalue weighted by atomic mass is 10.1. The molecule has 0 unspecified atom stereocenters. The van der Waals surface area contributed by atoms with Crippen LogP contribution >= 0.6 is 0 Å². The second kappa shape index (κ2) is 4.70. The SMILES string of the molecule is COc1ccccc1ON1C(=O)c2ccccc2C1=O. The number of methoxy groups -OCH3 is 1.